The van der Waals surface area contributed by atoms with Crippen molar-refractivity contribution in [2.45, 2.75) is 77.7 Å². The van der Waals surface area contributed by atoms with Gasteiger partial charge in [-0.1, -0.05) is 70.2 Å². The van der Waals surface area contributed by atoms with E-state index in [4.69, 9.17) is 9.47 Å². The Hall–Kier alpha value is -2.85. The van der Waals surface area contributed by atoms with Crippen LogP contribution in [0, 0.1) is 6.92 Å². The standard InChI is InChI=1S/C30H38O4/c1-6-29(32,7-2)19-18-23-10-11-25(20-22(23)5)30(8-3,9-4)24-12-14-26(15-13-24)33-21-27-16-17-28(31)34-27/h10-16,18-20,32H,6-9,17,21H2,1-5H3. The highest BCUT2D eigenvalue weighted by Gasteiger charge is 2.31. The molecule has 4 heteroatoms. The Morgan fingerprint density at radius 2 is 1.62 bits per heavy atom. The summed E-state index contributed by atoms with van der Waals surface area (Å²) in [5.41, 5.74) is 4.05. The summed E-state index contributed by atoms with van der Waals surface area (Å²) in [5, 5.41) is 10.6. The van der Waals surface area contributed by atoms with Crippen molar-refractivity contribution in [1.82, 2.24) is 0 Å². The molecular formula is C30H38O4. The third-order valence-corrected chi connectivity index (χ3v) is 7.36. The van der Waals surface area contributed by atoms with Crippen LogP contribution in [0.5, 0.6) is 5.75 Å². The van der Waals surface area contributed by atoms with Gasteiger partial charge in [0.1, 0.15) is 18.1 Å². The van der Waals surface area contributed by atoms with Crippen molar-refractivity contribution in [2.24, 2.45) is 0 Å². The molecule has 34 heavy (non-hydrogen) atoms. The first-order valence-corrected chi connectivity index (χ1v) is 12.4. The van der Waals surface area contributed by atoms with Crippen LogP contribution in [0.2, 0.25) is 0 Å². The Bertz CT molecular complexity index is 1040. The topological polar surface area (TPSA) is 55.8 Å². The minimum atomic E-state index is -0.749. The highest BCUT2D eigenvalue weighted by atomic mass is 16.6. The summed E-state index contributed by atoms with van der Waals surface area (Å²) in [6.45, 7) is 10.9. The highest BCUT2D eigenvalue weighted by Crippen LogP contribution is 2.40. The Morgan fingerprint density at radius 3 is 2.15 bits per heavy atom. The van der Waals surface area contributed by atoms with E-state index in [0.29, 0.717) is 25.0 Å². The quantitative estimate of drug-likeness (QED) is 0.370. The number of carbonyl (C=O) groups excluding carboxylic acids is 1. The minimum Gasteiger partial charge on any atom is -0.486 e. The number of aliphatic hydroxyl groups is 1. The van der Waals surface area contributed by atoms with Crippen molar-refractivity contribution < 1.29 is 19.4 Å². The number of carbonyl (C=O) groups is 1. The number of hydrogen-bond donors (Lipinski definition) is 1. The van der Waals surface area contributed by atoms with Crippen LogP contribution in [0.1, 0.15) is 82.1 Å². The average Bonchev–Trinajstić information content (AvgIpc) is 3.29. The molecular weight excluding hydrogens is 424 g/mol. The van der Waals surface area contributed by atoms with E-state index in [2.05, 4.69) is 57.2 Å². The smallest absolute Gasteiger partial charge is 0.314 e. The molecule has 2 aromatic rings. The number of benzene rings is 2. The van der Waals surface area contributed by atoms with E-state index >= 15 is 0 Å². The van der Waals surface area contributed by atoms with Gasteiger partial charge in [0.25, 0.3) is 0 Å². The Labute approximate surface area is 204 Å². The summed E-state index contributed by atoms with van der Waals surface area (Å²) < 4.78 is 10.9. The molecule has 4 nitrogen and oxygen atoms in total. The number of rotatable bonds is 11. The fourth-order valence-corrected chi connectivity index (χ4v) is 4.66. The summed E-state index contributed by atoms with van der Waals surface area (Å²) in [6.07, 6.45) is 9.43. The summed E-state index contributed by atoms with van der Waals surface area (Å²) in [5.74, 6) is 1.10. The predicted octanol–water partition coefficient (Wildman–Crippen LogP) is 6.88. The maximum atomic E-state index is 11.2. The molecule has 1 aliphatic heterocycles. The number of ether oxygens (including phenoxy) is 2. The largest absolute Gasteiger partial charge is 0.486 e. The van der Waals surface area contributed by atoms with Gasteiger partial charge in [-0.2, -0.15) is 0 Å². The normalized spacial score (nSPS) is 14.4. The second-order valence-electron chi connectivity index (χ2n) is 9.17. The fourth-order valence-electron chi connectivity index (χ4n) is 4.66. The van der Waals surface area contributed by atoms with Crippen LogP contribution < -0.4 is 4.74 Å². The third-order valence-electron chi connectivity index (χ3n) is 7.36. The molecule has 182 valence electrons. The molecule has 0 spiro atoms. The SMILES string of the molecule is CCC(O)(C=Cc1ccc(C(CC)(CC)c2ccc(OCC3=CCC(=O)O3)cc2)cc1C)CC. The molecule has 0 radical (unpaired) electrons. The molecule has 0 fully saturated rings. The van der Waals surface area contributed by atoms with Crippen LogP contribution in [0.4, 0.5) is 0 Å². The lowest BCUT2D eigenvalue weighted by Gasteiger charge is -2.34. The van der Waals surface area contributed by atoms with Gasteiger partial charge in [0.05, 0.1) is 12.0 Å². The van der Waals surface area contributed by atoms with Gasteiger partial charge in [0, 0.05) is 5.41 Å². The minimum absolute atomic E-state index is 0.0946. The van der Waals surface area contributed by atoms with Crippen molar-refractivity contribution in [1.29, 1.82) is 0 Å². The van der Waals surface area contributed by atoms with Crippen LogP contribution in [-0.4, -0.2) is 23.3 Å². The van der Waals surface area contributed by atoms with E-state index in [9.17, 15) is 9.90 Å². The predicted molar refractivity (Wildman–Crippen MR) is 138 cm³/mol. The number of aryl methyl sites for hydroxylation is 1. The Balaban J connectivity index is 1.82. The zero-order valence-corrected chi connectivity index (χ0v) is 21.2. The van der Waals surface area contributed by atoms with E-state index in [1.165, 1.54) is 16.7 Å². The fraction of sp³-hybridized carbons (Fsp3) is 0.433. The number of esters is 1. The van der Waals surface area contributed by atoms with Crippen molar-refractivity contribution in [3.63, 3.8) is 0 Å². The first-order chi connectivity index (χ1) is 16.3. The molecule has 0 aliphatic carbocycles. The molecule has 1 aliphatic rings. The van der Waals surface area contributed by atoms with E-state index < -0.39 is 5.60 Å². The molecule has 1 heterocycles. The molecule has 0 bridgehead atoms. The maximum Gasteiger partial charge on any atom is 0.314 e. The molecule has 2 aromatic carbocycles. The van der Waals surface area contributed by atoms with E-state index in [-0.39, 0.29) is 18.0 Å². The van der Waals surface area contributed by atoms with Crippen molar-refractivity contribution in [3.8, 4) is 5.75 Å². The second kappa shape index (κ2) is 11.1. The van der Waals surface area contributed by atoms with Crippen LogP contribution in [0.15, 0.2) is 60.4 Å². The summed E-state index contributed by atoms with van der Waals surface area (Å²) >= 11 is 0. The van der Waals surface area contributed by atoms with E-state index in [1.54, 1.807) is 6.08 Å². The monoisotopic (exact) mass is 462 g/mol. The lowest BCUT2D eigenvalue weighted by atomic mass is 9.70. The van der Waals surface area contributed by atoms with Crippen LogP contribution in [0.3, 0.4) is 0 Å². The highest BCUT2D eigenvalue weighted by molar-refractivity contribution is 5.75. The molecule has 0 amide bonds. The zero-order valence-electron chi connectivity index (χ0n) is 21.2. The summed E-state index contributed by atoms with van der Waals surface area (Å²) in [6, 6.07) is 14.9. The van der Waals surface area contributed by atoms with Gasteiger partial charge >= 0.3 is 5.97 Å². The van der Waals surface area contributed by atoms with E-state index in [0.717, 1.165) is 24.2 Å². The van der Waals surface area contributed by atoms with E-state index in [1.807, 2.05) is 32.1 Å². The molecule has 0 aromatic heterocycles. The van der Waals surface area contributed by atoms with Gasteiger partial charge in [0.15, 0.2) is 0 Å². The zero-order chi connectivity index (χ0) is 24.8. The molecule has 1 N–H and O–H groups in total. The lowest BCUT2D eigenvalue weighted by molar-refractivity contribution is -0.136. The van der Waals surface area contributed by atoms with Crippen molar-refractivity contribution in [2.75, 3.05) is 6.61 Å². The first kappa shape index (κ1) is 25.8. The van der Waals surface area contributed by atoms with Crippen molar-refractivity contribution in [3.05, 3.63) is 82.6 Å². The molecule has 0 saturated carbocycles. The second-order valence-corrected chi connectivity index (χ2v) is 9.17. The Morgan fingerprint density at radius 1 is 0.971 bits per heavy atom. The maximum absolute atomic E-state index is 11.2. The van der Waals surface area contributed by atoms with Gasteiger partial charge in [0.2, 0.25) is 0 Å². The van der Waals surface area contributed by atoms with Gasteiger partial charge in [-0.3, -0.25) is 4.79 Å². The lowest BCUT2D eigenvalue weighted by Crippen LogP contribution is -2.26. The van der Waals surface area contributed by atoms with Gasteiger partial charge < -0.3 is 14.6 Å². The number of hydrogen-bond acceptors (Lipinski definition) is 4. The third kappa shape index (κ3) is 5.61. The Kier molecular flexibility index (Phi) is 8.37. The number of cyclic esters (lactones) is 1. The molecule has 0 atom stereocenters. The van der Waals surface area contributed by atoms with Gasteiger partial charge in [-0.15, -0.1) is 0 Å². The van der Waals surface area contributed by atoms with Gasteiger partial charge in [-0.05, 0) is 73.1 Å². The van der Waals surface area contributed by atoms with Crippen molar-refractivity contribution >= 4 is 12.0 Å². The van der Waals surface area contributed by atoms with Crippen LogP contribution in [0.25, 0.3) is 6.08 Å². The van der Waals surface area contributed by atoms with Gasteiger partial charge in [-0.25, -0.2) is 0 Å². The van der Waals surface area contributed by atoms with Crippen LogP contribution in [-0.2, 0) is 14.9 Å². The molecule has 0 saturated heterocycles. The molecule has 3 rings (SSSR count). The van der Waals surface area contributed by atoms with Crippen LogP contribution >= 0.6 is 0 Å². The molecule has 0 unspecified atom stereocenters. The summed E-state index contributed by atoms with van der Waals surface area (Å²) in [4.78, 5) is 11.2. The first-order valence-electron chi connectivity index (χ1n) is 12.4. The average molecular weight is 463 g/mol. The summed E-state index contributed by atoms with van der Waals surface area (Å²) in [7, 11) is 0.